The Morgan fingerprint density at radius 3 is 2.46 bits per heavy atom. The van der Waals surface area contributed by atoms with Gasteiger partial charge in [0.2, 0.25) is 0 Å². The van der Waals surface area contributed by atoms with Gasteiger partial charge >= 0.3 is 0 Å². The van der Waals surface area contributed by atoms with Crippen molar-refractivity contribution in [2.24, 2.45) is 0 Å². The Balaban J connectivity index is 1.69. The number of rotatable bonds is 3. The molecule has 0 spiro atoms. The molecular weight excluding hydrogens is 322 g/mol. The average molecular weight is 343 g/mol. The number of para-hydroxylation sites is 2. The molecule has 1 amide bonds. The maximum atomic E-state index is 13.1. The van der Waals surface area contributed by atoms with Crippen molar-refractivity contribution >= 4 is 17.3 Å². The van der Waals surface area contributed by atoms with Gasteiger partial charge in [0.1, 0.15) is 0 Å². The van der Waals surface area contributed by atoms with Crippen LogP contribution in [0.25, 0.3) is 0 Å². The number of nitrogens with one attached hydrogen (secondary N) is 1. The van der Waals surface area contributed by atoms with Gasteiger partial charge in [-0.1, -0.05) is 36.4 Å². The maximum Gasteiger partial charge on any atom is 0.258 e. The number of fused-ring (bicyclic) bond motifs is 1. The average Bonchev–Trinajstić information content (AvgIpc) is 2.69. The molecule has 1 N–H and O–H groups in total. The third-order valence-corrected chi connectivity index (χ3v) is 4.85. The standard InChI is InChI=1S/C22H21N3O/c1-16-15-20(24-18-7-3-2-4-8-18)19-9-5-6-10-21(19)25(16)22(26)17-11-13-23-14-12-17/h2-14,16,20,24H,15H2,1H3/t16-,20-/m0/s1. The fraction of sp³-hybridized carbons (Fsp3) is 0.182. The monoisotopic (exact) mass is 343 g/mol. The van der Waals surface area contributed by atoms with Gasteiger partial charge in [-0.25, -0.2) is 0 Å². The molecule has 0 bridgehead atoms. The van der Waals surface area contributed by atoms with Crippen molar-refractivity contribution in [2.45, 2.75) is 25.4 Å². The van der Waals surface area contributed by atoms with E-state index in [2.05, 4.69) is 35.4 Å². The Morgan fingerprint density at radius 2 is 1.69 bits per heavy atom. The molecule has 1 aliphatic rings. The van der Waals surface area contributed by atoms with Crippen LogP contribution in [0.2, 0.25) is 0 Å². The number of amides is 1. The maximum absolute atomic E-state index is 13.1. The molecule has 0 radical (unpaired) electrons. The summed E-state index contributed by atoms with van der Waals surface area (Å²) in [5, 5.41) is 3.62. The van der Waals surface area contributed by atoms with Crippen molar-refractivity contribution in [3.63, 3.8) is 0 Å². The van der Waals surface area contributed by atoms with Gasteiger partial charge in [-0.3, -0.25) is 9.78 Å². The quantitative estimate of drug-likeness (QED) is 0.751. The van der Waals surface area contributed by atoms with E-state index in [1.54, 1.807) is 24.5 Å². The van der Waals surface area contributed by atoms with Gasteiger partial charge in [0.15, 0.2) is 0 Å². The molecule has 0 unspecified atom stereocenters. The molecule has 1 aliphatic heterocycles. The minimum absolute atomic E-state index is 0.0190. The van der Waals surface area contributed by atoms with Crippen molar-refractivity contribution in [3.05, 3.63) is 90.3 Å². The molecule has 130 valence electrons. The highest BCUT2D eigenvalue weighted by Crippen LogP contribution is 2.39. The number of carbonyl (C=O) groups excluding carboxylic acids is 1. The summed E-state index contributed by atoms with van der Waals surface area (Å²) < 4.78 is 0. The molecule has 0 saturated heterocycles. The van der Waals surface area contributed by atoms with Crippen LogP contribution in [0.15, 0.2) is 79.1 Å². The molecule has 0 fully saturated rings. The highest BCUT2D eigenvalue weighted by Gasteiger charge is 2.33. The van der Waals surface area contributed by atoms with Crippen LogP contribution in [0.3, 0.4) is 0 Å². The summed E-state index contributed by atoms with van der Waals surface area (Å²) in [5.41, 5.74) is 3.88. The second kappa shape index (κ2) is 7.00. The molecule has 0 aliphatic carbocycles. The summed E-state index contributed by atoms with van der Waals surface area (Å²) in [5.74, 6) is 0.0190. The van der Waals surface area contributed by atoms with Crippen LogP contribution in [-0.4, -0.2) is 16.9 Å². The molecule has 2 heterocycles. The molecule has 2 aromatic carbocycles. The lowest BCUT2D eigenvalue weighted by molar-refractivity contribution is 0.0974. The Morgan fingerprint density at radius 1 is 1.00 bits per heavy atom. The summed E-state index contributed by atoms with van der Waals surface area (Å²) >= 11 is 0. The van der Waals surface area contributed by atoms with E-state index < -0.39 is 0 Å². The van der Waals surface area contributed by atoms with Crippen LogP contribution >= 0.6 is 0 Å². The first-order chi connectivity index (χ1) is 12.7. The zero-order valence-electron chi connectivity index (χ0n) is 14.7. The molecule has 0 saturated carbocycles. The summed E-state index contributed by atoms with van der Waals surface area (Å²) in [6.45, 7) is 2.11. The van der Waals surface area contributed by atoms with E-state index >= 15 is 0 Å². The van der Waals surface area contributed by atoms with Crippen LogP contribution < -0.4 is 10.2 Å². The minimum atomic E-state index is 0.0190. The van der Waals surface area contributed by atoms with Gasteiger partial charge in [0, 0.05) is 35.4 Å². The van der Waals surface area contributed by atoms with E-state index in [1.165, 1.54) is 0 Å². The van der Waals surface area contributed by atoms with Crippen molar-refractivity contribution in [2.75, 3.05) is 10.2 Å². The number of hydrogen-bond donors (Lipinski definition) is 1. The van der Waals surface area contributed by atoms with E-state index in [9.17, 15) is 4.79 Å². The predicted molar refractivity (Wildman–Crippen MR) is 104 cm³/mol. The van der Waals surface area contributed by atoms with Crippen molar-refractivity contribution in [3.8, 4) is 0 Å². The third kappa shape index (κ3) is 3.06. The van der Waals surface area contributed by atoms with E-state index in [4.69, 9.17) is 0 Å². The largest absolute Gasteiger partial charge is 0.378 e. The van der Waals surface area contributed by atoms with E-state index in [-0.39, 0.29) is 18.0 Å². The van der Waals surface area contributed by atoms with Gasteiger partial charge in [0.25, 0.3) is 5.91 Å². The van der Waals surface area contributed by atoms with Crippen molar-refractivity contribution in [1.29, 1.82) is 0 Å². The molecule has 4 heteroatoms. The Bertz CT molecular complexity index is 896. The molecule has 2 atom stereocenters. The lowest BCUT2D eigenvalue weighted by Gasteiger charge is -2.40. The first kappa shape index (κ1) is 16.3. The number of pyridine rings is 1. The summed E-state index contributed by atoms with van der Waals surface area (Å²) in [6.07, 6.45) is 4.17. The van der Waals surface area contributed by atoms with Gasteiger partial charge in [-0.15, -0.1) is 0 Å². The first-order valence-corrected chi connectivity index (χ1v) is 8.88. The molecule has 3 aromatic rings. The Hall–Kier alpha value is -3.14. The van der Waals surface area contributed by atoms with E-state index in [0.29, 0.717) is 5.56 Å². The zero-order valence-corrected chi connectivity index (χ0v) is 14.7. The number of nitrogens with zero attached hydrogens (tertiary/aromatic N) is 2. The number of hydrogen-bond acceptors (Lipinski definition) is 3. The number of benzene rings is 2. The van der Waals surface area contributed by atoms with Gasteiger partial charge < -0.3 is 10.2 Å². The van der Waals surface area contributed by atoms with Gasteiger partial charge in [-0.2, -0.15) is 0 Å². The van der Waals surface area contributed by atoms with Gasteiger partial charge in [-0.05, 0) is 49.2 Å². The predicted octanol–water partition coefficient (Wildman–Crippen LogP) is 4.67. The molecule has 4 nitrogen and oxygen atoms in total. The third-order valence-electron chi connectivity index (χ3n) is 4.85. The second-order valence-electron chi connectivity index (χ2n) is 6.62. The van der Waals surface area contributed by atoms with Gasteiger partial charge in [0.05, 0.1) is 6.04 Å². The zero-order chi connectivity index (χ0) is 17.9. The van der Waals surface area contributed by atoms with E-state index in [1.807, 2.05) is 41.3 Å². The fourth-order valence-corrected chi connectivity index (χ4v) is 3.63. The van der Waals surface area contributed by atoms with Crippen LogP contribution in [0, 0.1) is 0 Å². The minimum Gasteiger partial charge on any atom is -0.378 e. The molecule has 26 heavy (non-hydrogen) atoms. The first-order valence-electron chi connectivity index (χ1n) is 8.88. The number of anilines is 2. The SMILES string of the molecule is C[C@H]1C[C@H](Nc2ccccc2)c2ccccc2N1C(=O)c1ccncc1. The van der Waals surface area contributed by atoms with E-state index in [0.717, 1.165) is 23.4 Å². The van der Waals surface area contributed by atoms with Crippen LogP contribution in [-0.2, 0) is 0 Å². The van der Waals surface area contributed by atoms with Crippen molar-refractivity contribution in [1.82, 2.24) is 4.98 Å². The molecular formula is C22H21N3O. The van der Waals surface area contributed by atoms with Crippen LogP contribution in [0.5, 0.6) is 0 Å². The highest BCUT2D eigenvalue weighted by molar-refractivity contribution is 6.07. The number of carbonyl (C=O) groups is 1. The smallest absolute Gasteiger partial charge is 0.258 e. The normalized spacial score (nSPS) is 18.9. The number of aromatic nitrogens is 1. The van der Waals surface area contributed by atoms with Crippen molar-refractivity contribution < 1.29 is 4.79 Å². The summed E-state index contributed by atoms with van der Waals surface area (Å²) in [6, 6.07) is 22.2. The Labute approximate surface area is 153 Å². The molecule has 1 aromatic heterocycles. The van der Waals surface area contributed by atoms with Crippen LogP contribution in [0.1, 0.15) is 35.3 Å². The summed E-state index contributed by atoms with van der Waals surface area (Å²) in [7, 11) is 0. The summed E-state index contributed by atoms with van der Waals surface area (Å²) in [4.78, 5) is 19.0. The topological polar surface area (TPSA) is 45.2 Å². The lowest BCUT2D eigenvalue weighted by atomic mass is 9.91. The second-order valence-corrected chi connectivity index (χ2v) is 6.62. The molecule has 4 rings (SSSR count). The lowest BCUT2D eigenvalue weighted by Crippen LogP contribution is -2.44. The Kier molecular flexibility index (Phi) is 4.40. The highest BCUT2D eigenvalue weighted by atomic mass is 16.2. The van der Waals surface area contributed by atoms with Crippen LogP contribution in [0.4, 0.5) is 11.4 Å². The fourth-order valence-electron chi connectivity index (χ4n) is 3.63.